The molecule has 1 saturated carbocycles. The van der Waals surface area contributed by atoms with Gasteiger partial charge in [0.05, 0.1) is 6.61 Å². The molecule has 2 N–H and O–H groups in total. The second kappa shape index (κ2) is 8.50. The van der Waals surface area contributed by atoms with Gasteiger partial charge in [-0.3, -0.25) is 0 Å². The second-order valence-corrected chi connectivity index (χ2v) is 7.50. The molecule has 3 atom stereocenters. The topological polar surface area (TPSA) is 35.5 Å². The van der Waals surface area contributed by atoms with Gasteiger partial charge in [-0.05, 0) is 71.0 Å². The fraction of sp³-hybridized carbons (Fsp3) is 1.00. The maximum atomic E-state index is 9.55. The fourth-order valence-corrected chi connectivity index (χ4v) is 4.49. The molecule has 3 nitrogen and oxygen atoms in total. The van der Waals surface area contributed by atoms with Crippen molar-refractivity contribution in [1.29, 1.82) is 0 Å². The Hall–Kier alpha value is -0.120. The van der Waals surface area contributed by atoms with E-state index < -0.39 is 0 Å². The molecule has 2 fully saturated rings. The van der Waals surface area contributed by atoms with Gasteiger partial charge >= 0.3 is 0 Å². The number of likely N-dealkylation sites (tertiary alicyclic amines) is 1. The minimum Gasteiger partial charge on any atom is -0.394 e. The molecule has 0 bridgehead atoms. The zero-order valence-electron chi connectivity index (χ0n) is 14.2. The molecule has 0 radical (unpaired) electrons. The molecule has 0 aromatic heterocycles. The fourth-order valence-electron chi connectivity index (χ4n) is 4.49. The molecule has 0 spiro atoms. The summed E-state index contributed by atoms with van der Waals surface area (Å²) in [7, 11) is 0. The summed E-state index contributed by atoms with van der Waals surface area (Å²) >= 11 is 0. The highest BCUT2D eigenvalue weighted by atomic mass is 16.3. The van der Waals surface area contributed by atoms with Crippen LogP contribution >= 0.6 is 0 Å². The third kappa shape index (κ3) is 4.94. The number of piperidine rings is 1. The van der Waals surface area contributed by atoms with Crippen LogP contribution in [0.15, 0.2) is 0 Å². The Labute approximate surface area is 131 Å². The maximum absolute atomic E-state index is 9.55. The first kappa shape index (κ1) is 17.2. The number of aliphatic hydroxyl groups excluding tert-OH is 1. The van der Waals surface area contributed by atoms with E-state index in [0.717, 1.165) is 24.9 Å². The smallest absolute Gasteiger partial charge is 0.0610 e. The molecule has 21 heavy (non-hydrogen) atoms. The zero-order chi connectivity index (χ0) is 15.1. The standard InChI is InChI=1S/C18H36N2O/c1-3-19-18(2,15-21)12-6-7-13-20-14-8-10-16-9-4-5-11-17(16)20/h16-17,19,21H,3-15H2,1-2H3. The summed E-state index contributed by atoms with van der Waals surface area (Å²) in [6.45, 7) is 8.04. The number of hydrogen-bond donors (Lipinski definition) is 2. The first-order chi connectivity index (χ1) is 10.2. The minimum atomic E-state index is -0.0793. The molecule has 0 amide bonds. The van der Waals surface area contributed by atoms with Crippen LogP contribution in [-0.4, -0.2) is 47.8 Å². The van der Waals surface area contributed by atoms with Gasteiger partial charge in [-0.15, -0.1) is 0 Å². The van der Waals surface area contributed by atoms with E-state index >= 15 is 0 Å². The lowest BCUT2D eigenvalue weighted by atomic mass is 9.78. The molecule has 1 aliphatic heterocycles. The molecule has 2 rings (SSSR count). The van der Waals surface area contributed by atoms with Crippen LogP contribution in [0.4, 0.5) is 0 Å². The normalized spacial score (nSPS) is 29.9. The van der Waals surface area contributed by atoms with E-state index in [1.165, 1.54) is 64.5 Å². The quantitative estimate of drug-likeness (QED) is 0.675. The molecule has 0 aromatic carbocycles. The van der Waals surface area contributed by atoms with Crippen LogP contribution in [0.1, 0.15) is 71.6 Å². The predicted molar refractivity (Wildman–Crippen MR) is 89.6 cm³/mol. The Kier molecular flexibility index (Phi) is 6.97. The van der Waals surface area contributed by atoms with Crippen LogP contribution in [0.5, 0.6) is 0 Å². The number of nitrogens with zero attached hydrogens (tertiary/aromatic N) is 1. The lowest BCUT2D eigenvalue weighted by Crippen LogP contribution is -2.47. The molecule has 1 aliphatic carbocycles. The summed E-state index contributed by atoms with van der Waals surface area (Å²) < 4.78 is 0. The number of hydrogen-bond acceptors (Lipinski definition) is 3. The van der Waals surface area contributed by atoms with Crippen molar-refractivity contribution < 1.29 is 5.11 Å². The van der Waals surface area contributed by atoms with Crippen molar-refractivity contribution in [3.05, 3.63) is 0 Å². The minimum absolute atomic E-state index is 0.0793. The second-order valence-electron chi connectivity index (χ2n) is 7.50. The number of unbranched alkanes of at least 4 members (excludes halogenated alkanes) is 1. The van der Waals surface area contributed by atoms with Crippen molar-refractivity contribution >= 4 is 0 Å². The Morgan fingerprint density at radius 2 is 1.90 bits per heavy atom. The van der Waals surface area contributed by atoms with Crippen LogP contribution < -0.4 is 5.32 Å². The Morgan fingerprint density at radius 3 is 2.67 bits per heavy atom. The summed E-state index contributed by atoms with van der Waals surface area (Å²) in [4.78, 5) is 2.79. The van der Waals surface area contributed by atoms with E-state index in [0.29, 0.717) is 0 Å². The van der Waals surface area contributed by atoms with E-state index in [-0.39, 0.29) is 12.1 Å². The molecule has 124 valence electrons. The predicted octanol–water partition coefficient (Wildman–Crippen LogP) is 3.17. The van der Waals surface area contributed by atoms with Gasteiger partial charge in [0.25, 0.3) is 0 Å². The van der Waals surface area contributed by atoms with E-state index in [1.807, 2.05) is 0 Å². The van der Waals surface area contributed by atoms with Crippen LogP contribution in [0.2, 0.25) is 0 Å². The molecule has 0 aromatic rings. The van der Waals surface area contributed by atoms with Gasteiger partial charge < -0.3 is 15.3 Å². The third-order valence-corrected chi connectivity index (χ3v) is 5.73. The maximum Gasteiger partial charge on any atom is 0.0610 e. The van der Waals surface area contributed by atoms with Crippen molar-refractivity contribution in [2.45, 2.75) is 83.2 Å². The van der Waals surface area contributed by atoms with Gasteiger partial charge in [-0.2, -0.15) is 0 Å². The highest BCUT2D eigenvalue weighted by molar-refractivity contribution is 4.87. The largest absolute Gasteiger partial charge is 0.394 e. The zero-order valence-corrected chi connectivity index (χ0v) is 14.2. The molecule has 3 heteroatoms. The van der Waals surface area contributed by atoms with Crippen molar-refractivity contribution in [1.82, 2.24) is 10.2 Å². The average molecular weight is 296 g/mol. The van der Waals surface area contributed by atoms with Gasteiger partial charge in [-0.1, -0.05) is 26.2 Å². The molecule has 2 aliphatic rings. The van der Waals surface area contributed by atoms with E-state index in [9.17, 15) is 5.11 Å². The lowest BCUT2D eigenvalue weighted by molar-refractivity contribution is 0.0585. The number of fused-ring (bicyclic) bond motifs is 1. The van der Waals surface area contributed by atoms with Gasteiger partial charge in [-0.25, -0.2) is 0 Å². The van der Waals surface area contributed by atoms with Crippen molar-refractivity contribution in [2.24, 2.45) is 5.92 Å². The summed E-state index contributed by atoms with van der Waals surface area (Å²) in [5.74, 6) is 0.997. The molecule has 1 saturated heterocycles. The highest BCUT2D eigenvalue weighted by Gasteiger charge is 2.32. The van der Waals surface area contributed by atoms with E-state index in [1.54, 1.807) is 0 Å². The van der Waals surface area contributed by atoms with Crippen LogP contribution in [0.25, 0.3) is 0 Å². The summed E-state index contributed by atoms with van der Waals surface area (Å²) in [6, 6.07) is 0.894. The number of nitrogens with one attached hydrogen (secondary N) is 1. The Morgan fingerprint density at radius 1 is 1.14 bits per heavy atom. The molecular formula is C18H36N2O. The van der Waals surface area contributed by atoms with Gasteiger partial charge in [0.2, 0.25) is 0 Å². The summed E-state index contributed by atoms with van der Waals surface area (Å²) in [6.07, 6.45) is 12.3. The Balaban J connectivity index is 1.70. The highest BCUT2D eigenvalue weighted by Crippen LogP contribution is 2.35. The molecule has 3 unspecified atom stereocenters. The van der Waals surface area contributed by atoms with Crippen LogP contribution in [0.3, 0.4) is 0 Å². The first-order valence-electron chi connectivity index (χ1n) is 9.28. The van der Waals surface area contributed by atoms with Gasteiger partial charge in [0, 0.05) is 11.6 Å². The van der Waals surface area contributed by atoms with Gasteiger partial charge in [0.1, 0.15) is 0 Å². The third-order valence-electron chi connectivity index (χ3n) is 5.73. The summed E-state index contributed by atoms with van der Waals surface area (Å²) in [5.41, 5.74) is -0.0793. The van der Waals surface area contributed by atoms with Crippen LogP contribution in [0, 0.1) is 5.92 Å². The number of aliphatic hydroxyl groups is 1. The lowest BCUT2D eigenvalue weighted by Gasteiger charge is -2.44. The molecule has 1 heterocycles. The van der Waals surface area contributed by atoms with Gasteiger partial charge in [0.15, 0.2) is 0 Å². The first-order valence-corrected chi connectivity index (χ1v) is 9.28. The SMILES string of the molecule is CCNC(C)(CO)CCCCN1CCCC2CCCCC21. The summed E-state index contributed by atoms with van der Waals surface area (Å²) in [5, 5.41) is 13.0. The average Bonchev–Trinajstić information content (AvgIpc) is 2.52. The van der Waals surface area contributed by atoms with E-state index in [2.05, 4.69) is 24.1 Å². The van der Waals surface area contributed by atoms with E-state index in [4.69, 9.17) is 0 Å². The molecular weight excluding hydrogens is 260 g/mol. The number of rotatable bonds is 8. The van der Waals surface area contributed by atoms with Crippen LogP contribution in [-0.2, 0) is 0 Å². The number of likely N-dealkylation sites (N-methyl/N-ethyl adjacent to an activating group) is 1. The van der Waals surface area contributed by atoms with Crippen molar-refractivity contribution in [3.8, 4) is 0 Å². The van der Waals surface area contributed by atoms with Crippen molar-refractivity contribution in [2.75, 3.05) is 26.2 Å². The monoisotopic (exact) mass is 296 g/mol. The van der Waals surface area contributed by atoms with Crippen molar-refractivity contribution in [3.63, 3.8) is 0 Å². The Bertz CT molecular complexity index is 295.